The Kier molecular flexibility index (Phi) is 8.78. The molecule has 0 atom stereocenters. The van der Waals surface area contributed by atoms with Crippen LogP contribution in [0.5, 0.6) is 0 Å². The number of hydrogen-bond donors (Lipinski definition) is 0. The minimum Gasteiger partial charge on any atom is 2.00 e. The van der Waals surface area contributed by atoms with Gasteiger partial charge < -0.3 is 0 Å². The smallest absolute Gasteiger partial charge is 2.00 e. The maximum Gasteiger partial charge on any atom is 2.00 e. The van der Waals surface area contributed by atoms with Crippen molar-refractivity contribution in [2.45, 2.75) is 0 Å². The maximum absolute atomic E-state index is 8.83. The third-order valence-corrected chi connectivity index (χ3v) is 0. The molecule has 0 radical (unpaired) electrons. The van der Waals surface area contributed by atoms with Crippen LogP contribution in [0.1, 0.15) is 0 Å². The Morgan fingerprint density at radius 2 is 1.80 bits per heavy atom. The molecule has 24 valence electrons. The van der Waals surface area contributed by atoms with E-state index in [1.807, 2.05) is 0 Å². The summed E-state index contributed by atoms with van der Waals surface area (Å²) in [5, 5.41) is 8.83. The standard InChI is InChI=1S/CH2O2Se.Mg/c2-1(3)4;/h4H,(H,2,3);/q;+2/p-2. The van der Waals surface area contributed by atoms with Crippen LogP contribution in [0, 0.1) is 0 Å². The van der Waals surface area contributed by atoms with Crippen molar-refractivity contribution in [3.63, 3.8) is 0 Å². The van der Waals surface area contributed by atoms with Crippen molar-refractivity contribution >= 4 is 43.9 Å². The molecule has 0 bridgehead atoms. The van der Waals surface area contributed by atoms with Gasteiger partial charge in [-0.2, -0.15) is 0 Å². The van der Waals surface area contributed by atoms with Crippen molar-refractivity contribution in [3.8, 4) is 0 Å². The molecule has 0 aliphatic carbocycles. The van der Waals surface area contributed by atoms with E-state index in [9.17, 15) is 0 Å². The van der Waals surface area contributed by atoms with Gasteiger partial charge in [0.1, 0.15) is 0 Å². The molecular formula is CMgO2Se. The van der Waals surface area contributed by atoms with E-state index in [1.54, 1.807) is 16.0 Å². The predicted octanol–water partition coefficient (Wildman–Crippen LogP) is -1.88. The van der Waals surface area contributed by atoms with E-state index in [0.29, 0.717) is 0 Å². The number of hydrogen-bond acceptors (Lipinski definition) is 2. The van der Waals surface area contributed by atoms with Gasteiger partial charge in [0.05, 0.1) is 0 Å². The first-order chi connectivity index (χ1) is 1.73. The summed E-state index contributed by atoms with van der Waals surface area (Å²) in [6, 6.07) is 0. The van der Waals surface area contributed by atoms with E-state index in [0.717, 1.165) is 0 Å². The molecular weight excluding hydrogens is 147 g/mol. The normalized spacial score (nSPS) is 4.80. The Labute approximate surface area is 53.9 Å². The van der Waals surface area contributed by atoms with E-state index in [2.05, 4.69) is 0 Å². The Morgan fingerprint density at radius 1 is 1.80 bits per heavy atom. The van der Waals surface area contributed by atoms with Crippen LogP contribution in [0.4, 0.5) is 4.79 Å². The fourth-order valence-corrected chi connectivity index (χ4v) is 0. The van der Waals surface area contributed by atoms with Crippen LogP contribution in [0.15, 0.2) is 0 Å². The van der Waals surface area contributed by atoms with Gasteiger partial charge in [-0.15, -0.1) is 0 Å². The zero-order valence-electron chi connectivity index (χ0n) is 2.43. The van der Waals surface area contributed by atoms with Crippen molar-refractivity contribution in [2.75, 3.05) is 0 Å². The molecule has 2 nitrogen and oxygen atoms in total. The van der Waals surface area contributed by atoms with Crippen LogP contribution in [0.3, 0.4) is 0 Å². The maximum atomic E-state index is 8.83. The summed E-state index contributed by atoms with van der Waals surface area (Å²) in [6.45, 7) is 0. The second kappa shape index (κ2) is 4.76. The Bertz CT molecular complexity index is 32.6. The number of carbonyl (C=O) groups is 1. The van der Waals surface area contributed by atoms with Crippen molar-refractivity contribution in [2.24, 2.45) is 0 Å². The van der Waals surface area contributed by atoms with Crippen molar-refractivity contribution in [1.82, 2.24) is 0 Å². The summed E-state index contributed by atoms with van der Waals surface area (Å²) in [5.41, 5.74) is 0. The van der Waals surface area contributed by atoms with Gasteiger partial charge in [-0.05, 0) is 0 Å². The van der Waals surface area contributed by atoms with E-state index in [4.69, 9.17) is 9.90 Å². The average molecular weight is 147 g/mol. The largest absolute Gasteiger partial charge is 2.00 e. The molecule has 0 aliphatic heterocycles. The van der Waals surface area contributed by atoms with Gasteiger partial charge in [-0.1, -0.05) is 0 Å². The molecule has 0 fully saturated rings. The van der Waals surface area contributed by atoms with E-state index < -0.39 is 4.87 Å². The monoisotopic (exact) mass is 148 g/mol. The predicted molar refractivity (Wildman–Crippen MR) is 16.9 cm³/mol. The number of carbonyl (C=O) groups excluding carboxylic acids is 1. The second-order valence-corrected chi connectivity index (χ2v) is 0.949. The molecule has 5 heavy (non-hydrogen) atoms. The molecule has 0 saturated carbocycles. The van der Waals surface area contributed by atoms with Gasteiger partial charge in [0, 0.05) is 0 Å². The molecule has 0 unspecified atom stereocenters. The summed E-state index contributed by atoms with van der Waals surface area (Å²) in [5.74, 6) is 0. The molecule has 0 spiro atoms. The van der Waals surface area contributed by atoms with E-state index in [1.165, 1.54) is 0 Å². The molecule has 0 aromatic heterocycles. The fraction of sp³-hybridized carbons (Fsp3) is 0. The summed E-state index contributed by atoms with van der Waals surface area (Å²) in [7, 11) is 0. The van der Waals surface area contributed by atoms with Crippen LogP contribution in [-0.2, 0) is 0 Å². The van der Waals surface area contributed by atoms with Crippen molar-refractivity contribution in [3.05, 3.63) is 0 Å². The Hall–Kier alpha value is 0.756. The zero-order valence-corrected chi connectivity index (χ0v) is 5.56. The first-order valence-electron chi connectivity index (χ1n) is 0.612. The number of carboxylic acid groups (broad SMARTS) is 1. The minimum atomic E-state index is -1.21. The quantitative estimate of drug-likeness (QED) is 0.376. The number of rotatable bonds is 0. The fourth-order valence-electron chi connectivity index (χ4n) is 0. The van der Waals surface area contributed by atoms with Crippen LogP contribution >= 0.6 is 0 Å². The van der Waals surface area contributed by atoms with Crippen molar-refractivity contribution in [1.29, 1.82) is 0 Å². The van der Waals surface area contributed by atoms with Crippen LogP contribution in [0.25, 0.3) is 0 Å². The third kappa shape index (κ3) is 63.2. The first-order valence-corrected chi connectivity index (χ1v) is 1.47. The van der Waals surface area contributed by atoms with Crippen molar-refractivity contribution < 1.29 is 9.90 Å². The van der Waals surface area contributed by atoms with Gasteiger partial charge >= 0.3 is 53.8 Å². The summed E-state index contributed by atoms with van der Waals surface area (Å²) in [6.07, 6.45) is 0. The molecule has 0 aromatic rings. The molecule has 0 N–H and O–H groups in total. The van der Waals surface area contributed by atoms with Gasteiger partial charge in [-0.3, -0.25) is 0 Å². The van der Waals surface area contributed by atoms with Crippen LogP contribution in [0.2, 0.25) is 0 Å². The summed E-state index contributed by atoms with van der Waals surface area (Å²) >= 11 is 1.71. The molecule has 0 heterocycles. The Balaban J connectivity index is 0. The van der Waals surface area contributed by atoms with Crippen LogP contribution < -0.4 is 5.11 Å². The Morgan fingerprint density at radius 3 is 1.80 bits per heavy atom. The minimum absolute atomic E-state index is 0. The topological polar surface area (TPSA) is 40.1 Å². The molecule has 0 aromatic carbocycles. The van der Waals surface area contributed by atoms with Gasteiger partial charge in [0.15, 0.2) is 0 Å². The third-order valence-electron chi connectivity index (χ3n) is 0. The summed E-state index contributed by atoms with van der Waals surface area (Å²) in [4.78, 5) is 7.63. The first kappa shape index (κ1) is 9.23. The van der Waals surface area contributed by atoms with Gasteiger partial charge in [0.2, 0.25) is 0 Å². The molecule has 0 aliphatic rings. The SMILES string of the molecule is O=C([O-])[Se-].[Mg+2]. The summed E-state index contributed by atoms with van der Waals surface area (Å²) < 4.78 is 0. The van der Waals surface area contributed by atoms with Gasteiger partial charge in [0.25, 0.3) is 0 Å². The second-order valence-electron chi connectivity index (χ2n) is 0.250. The molecule has 4 heteroatoms. The van der Waals surface area contributed by atoms with Crippen LogP contribution in [-0.4, -0.2) is 43.9 Å². The van der Waals surface area contributed by atoms with Gasteiger partial charge in [-0.25, -0.2) is 0 Å². The molecule has 0 rings (SSSR count). The average Bonchev–Trinajstić information content (AvgIpc) is 0.811. The van der Waals surface area contributed by atoms with E-state index in [-0.39, 0.29) is 23.1 Å². The zero-order chi connectivity index (χ0) is 3.58. The molecule has 0 amide bonds. The molecule has 0 saturated heterocycles. The van der Waals surface area contributed by atoms with E-state index >= 15 is 0 Å².